The van der Waals surface area contributed by atoms with Crippen LogP contribution >= 0.6 is 23.2 Å². The normalized spacial score (nSPS) is 11.1. The predicted octanol–water partition coefficient (Wildman–Crippen LogP) is 3.57. The number of hydrogen-bond acceptors (Lipinski definition) is 5. The standard InChI is InChI=1S/C13H14Cl2N2O3/c1-7(2)13-16-11(17-20-13)6-19-12-8(5-18)3-9(14)4-10(12)15/h3-4,7,18H,5-6H2,1-2H3. The van der Waals surface area contributed by atoms with Crippen molar-refractivity contribution in [2.45, 2.75) is 33.0 Å². The summed E-state index contributed by atoms with van der Waals surface area (Å²) in [6.07, 6.45) is 0. The average Bonchev–Trinajstić information content (AvgIpc) is 2.85. The highest BCUT2D eigenvalue weighted by Crippen LogP contribution is 2.33. The first kappa shape index (κ1) is 15.1. The minimum Gasteiger partial charge on any atom is -0.484 e. The summed E-state index contributed by atoms with van der Waals surface area (Å²) in [5, 5.41) is 13.9. The maximum atomic E-state index is 9.29. The van der Waals surface area contributed by atoms with Gasteiger partial charge in [0, 0.05) is 16.5 Å². The average molecular weight is 317 g/mol. The summed E-state index contributed by atoms with van der Waals surface area (Å²) in [6, 6.07) is 3.14. The second-order valence-electron chi connectivity index (χ2n) is 4.53. The highest BCUT2D eigenvalue weighted by atomic mass is 35.5. The van der Waals surface area contributed by atoms with Gasteiger partial charge in [-0.25, -0.2) is 0 Å². The lowest BCUT2D eigenvalue weighted by Gasteiger charge is -2.10. The molecule has 0 saturated carbocycles. The lowest BCUT2D eigenvalue weighted by Crippen LogP contribution is -2.01. The highest BCUT2D eigenvalue weighted by Gasteiger charge is 2.14. The Morgan fingerprint density at radius 3 is 2.70 bits per heavy atom. The molecule has 20 heavy (non-hydrogen) atoms. The van der Waals surface area contributed by atoms with Crippen molar-refractivity contribution in [2.24, 2.45) is 0 Å². The molecule has 0 atom stereocenters. The molecule has 0 aliphatic carbocycles. The number of rotatable bonds is 5. The number of nitrogens with zero attached hydrogens (tertiary/aromatic N) is 2. The molecule has 0 bridgehead atoms. The Labute approximate surface area is 126 Å². The zero-order valence-corrected chi connectivity index (χ0v) is 12.6. The number of hydrogen-bond donors (Lipinski definition) is 1. The maximum absolute atomic E-state index is 9.29. The van der Waals surface area contributed by atoms with Crippen molar-refractivity contribution in [3.8, 4) is 5.75 Å². The van der Waals surface area contributed by atoms with E-state index in [9.17, 15) is 5.11 Å². The van der Waals surface area contributed by atoms with Gasteiger partial charge in [0.05, 0.1) is 11.6 Å². The van der Waals surface area contributed by atoms with E-state index in [4.69, 9.17) is 32.5 Å². The summed E-state index contributed by atoms with van der Waals surface area (Å²) in [6.45, 7) is 3.79. The van der Waals surface area contributed by atoms with Gasteiger partial charge in [-0.15, -0.1) is 0 Å². The molecule has 1 heterocycles. The molecule has 0 saturated heterocycles. The van der Waals surface area contributed by atoms with Crippen LogP contribution in [0, 0.1) is 0 Å². The van der Waals surface area contributed by atoms with Crippen molar-refractivity contribution in [2.75, 3.05) is 0 Å². The summed E-state index contributed by atoms with van der Waals surface area (Å²) in [7, 11) is 0. The Morgan fingerprint density at radius 2 is 2.10 bits per heavy atom. The second-order valence-corrected chi connectivity index (χ2v) is 5.37. The fourth-order valence-corrected chi connectivity index (χ4v) is 2.18. The lowest BCUT2D eigenvalue weighted by atomic mass is 10.2. The molecule has 1 aromatic carbocycles. The molecule has 0 unspecified atom stereocenters. The molecule has 0 aliphatic rings. The van der Waals surface area contributed by atoms with Gasteiger partial charge in [0.15, 0.2) is 6.61 Å². The Balaban J connectivity index is 2.14. The van der Waals surface area contributed by atoms with Gasteiger partial charge >= 0.3 is 0 Å². The monoisotopic (exact) mass is 316 g/mol. The van der Waals surface area contributed by atoms with E-state index in [2.05, 4.69) is 10.1 Å². The van der Waals surface area contributed by atoms with Crippen LogP contribution in [0.4, 0.5) is 0 Å². The molecular formula is C13H14Cl2N2O3. The molecule has 0 radical (unpaired) electrons. The van der Waals surface area contributed by atoms with Gasteiger partial charge < -0.3 is 14.4 Å². The molecule has 5 nitrogen and oxygen atoms in total. The van der Waals surface area contributed by atoms with Gasteiger partial charge in [0.1, 0.15) is 5.75 Å². The molecule has 0 amide bonds. The molecule has 1 aromatic heterocycles. The van der Waals surface area contributed by atoms with Crippen LogP contribution in [0.3, 0.4) is 0 Å². The van der Waals surface area contributed by atoms with Crippen LogP contribution in [0.5, 0.6) is 5.75 Å². The quantitative estimate of drug-likeness (QED) is 0.913. The Bertz CT molecular complexity index is 599. The number of aromatic nitrogens is 2. The van der Waals surface area contributed by atoms with Crippen molar-refractivity contribution in [1.29, 1.82) is 0 Å². The third-order valence-corrected chi connectivity index (χ3v) is 3.08. The van der Waals surface area contributed by atoms with Crippen molar-refractivity contribution in [3.63, 3.8) is 0 Å². The van der Waals surface area contributed by atoms with Crippen molar-refractivity contribution in [1.82, 2.24) is 10.1 Å². The van der Waals surface area contributed by atoms with Gasteiger partial charge in [0.25, 0.3) is 0 Å². The summed E-state index contributed by atoms with van der Waals surface area (Å²) in [5.41, 5.74) is 0.509. The second kappa shape index (κ2) is 6.43. The van der Waals surface area contributed by atoms with E-state index in [-0.39, 0.29) is 19.1 Å². The van der Waals surface area contributed by atoms with E-state index in [1.165, 1.54) is 0 Å². The smallest absolute Gasteiger partial charge is 0.229 e. The van der Waals surface area contributed by atoms with Gasteiger partial charge in [-0.3, -0.25) is 0 Å². The van der Waals surface area contributed by atoms with E-state index in [1.807, 2.05) is 13.8 Å². The van der Waals surface area contributed by atoms with Crippen LogP contribution in [-0.4, -0.2) is 15.2 Å². The van der Waals surface area contributed by atoms with E-state index in [0.29, 0.717) is 33.1 Å². The molecule has 0 fully saturated rings. The number of ether oxygens (including phenoxy) is 1. The fourth-order valence-electron chi connectivity index (χ4n) is 1.59. The first-order valence-electron chi connectivity index (χ1n) is 6.05. The molecular weight excluding hydrogens is 303 g/mol. The minimum atomic E-state index is -0.223. The summed E-state index contributed by atoms with van der Waals surface area (Å²) in [5.74, 6) is 1.50. The predicted molar refractivity (Wildman–Crippen MR) is 75.1 cm³/mol. The SMILES string of the molecule is CC(C)c1nc(COc2c(Cl)cc(Cl)cc2CO)no1. The summed E-state index contributed by atoms with van der Waals surface area (Å²) >= 11 is 11.9. The molecule has 7 heteroatoms. The fraction of sp³-hybridized carbons (Fsp3) is 0.385. The van der Waals surface area contributed by atoms with Crippen LogP contribution in [0.1, 0.15) is 37.0 Å². The Kier molecular flexibility index (Phi) is 4.86. The largest absolute Gasteiger partial charge is 0.484 e. The summed E-state index contributed by atoms with van der Waals surface area (Å²) in [4.78, 5) is 4.19. The zero-order chi connectivity index (χ0) is 14.7. The topological polar surface area (TPSA) is 68.4 Å². The van der Waals surface area contributed by atoms with Gasteiger partial charge in [-0.2, -0.15) is 4.98 Å². The lowest BCUT2D eigenvalue weighted by molar-refractivity contribution is 0.253. The van der Waals surface area contributed by atoms with Crippen LogP contribution in [0.2, 0.25) is 10.0 Å². The molecule has 108 valence electrons. The van der Waals surface area contributed by atoms with Crippen molar-refractivity contribution < 1.29 is 14.4 Å². The molecule has 1 N–H and O–H groups in total. The molecule has 0 spiro atoms. The van der Waals surface area contributed by atoms with Gasteiger partial charge in [-0.1, -0.05) is 42.2 Å². The molecule has 2 rings (SSSR count). The first-order valence-corrected chi connectivity index (χ1v) is 6.81. The summed E-state index contributed by atoms with van der Waals surface area (Å²) < 4.78 is 10.6. The Morgan fingerprint density at radius 1 is 1.35 bits per heavy atom. The first-order chi connectivity index (χ1) is 9.51. The maximum Gasteiger partial charge on any atom is 0.229 e. The number of benzene rings is 1. The van der Waals surface area contributed by atoms with E-state index in [0.717, 1.165) is 0 Å². The highest BCUT2D eigenvalue weighted by molar-refractivity contribution is 6.35. The number of aliphatic hydroxyl groups excluding tert-OH is 1. The van der Waals surface area contributed by atoms with Gasteiger partial charge in [0.2, 0.25) is 11.7 Å². The van der Waals surface area contributed by atoms with Crippen molar-refractivity contribution in [3.05, 3.63) is 39.5 Å². The third kappa shape index (κ3) is 3.42. The van der Waals surface area contributed by atoms with E-state index in [1.54, 1.807) is 12.1 Å². The number of halogens is 2. The molecule has 0 aliphatic heterocycles. The molecule has 2 aromatic rings. The van der Waals surface area contributed by atoms with Crippen LogP contribution in [0.25, 0.3) is 0 Å². The zero-order valence-electron chi connectivity index (χ0n) is 11.1. The van der Waals surface area contributed by atoms with Crippen LogP contribution < -0.4 is 4.74 Å². The third-order valence-electron chi connectivity index (χ3n) is 2.58. The van der Waals surface area contributed by atoms with E-state index >= 15 is 0 Å². The van der Waals surface area contributed by atoms with Crippen molar-refractivity contribution >= 4 is 23.2 Å². The van der Waals surface area contributed by atoms with Crippen LogP contribution in [-0.2, 0) is 13.2 Å². The van der Waals surface area contributed by atoms with Gasteiger partial charge in [-0.05, 0) is 12.1 Å². The van der Waals surface area contributed by atoms with Crippen LogP contribution in [0.15, 0.2) is 16.7 Å². The number of aliphatic hydroxyl groups is 1. The van der Waals surface area contributed by atoms with E-state index < -0.39 is 0 Å². The Hall–Kier alpha value is -1.30. The minimum absolute atomic E-state index is 0.102.